The molecule has 2 unspecified atom stereocenters. The van der Waals surface area contributed by atoms with Crippen LogP contribution in [0.4, 0.5) is 16.2 Å². The van der Waals surface area contributed by atoms with Gasteiger partial charge in [-0.25, -0.2) is 4.79 Å². The largest absolute Gasteiger partial charge is 0.464 e. The molecular weight excluding hydrogens is 596 g/mol. The van der Waals surface area contributed by atoms with E-state index in [1.807, 2.05) is 0 Å². The van der Waals surface area contributed by atoms with Crippen molar-refractivity contribution in [2.75, 3.05) is 10.6 Å². The number of carboxylic acid groups (broad SMARTS) is 1. The lowest BCUT2D eigenvalue weighted by atomic mass is 10.1. The Morgan fingerprint density at radius 3 is 2.18 bits per heavy atom. The summed E-state index contributed by atoms with van der Waals surface area (Å²) in [4.78, 5) is 37.3. The average molecular weight is 612 g/mol. The second-order valence-electron chi connectivity index (χ2n) is 8.71. The third kappa shape index (κ3) is 5.05. The molecule has 38 heavy (non-hydrogen) atoms. The topological polar surface area (TPSA) is 100 Å². The Morgan fingerprint density at radius 1 is 0.842 bits per heavy atom. The molecule has 1 aliphatic rings. The molecule has 0 radical (unpaired) electrons. The van der Waals surface area contributed by atoms with E-state index in [0.29, 0.717) is 37.9 Å². The lowest BCUT2D eigenvalue weighted by molar-refractivity contribution is -0.117. The van der Waals surface area contributed by atoms with E-state index in [2.05, 4.69) is 10.6 Å². The molecule has 1 aromatic heterocycles. The highest BCUT2D eigenvalue weighted by atomic mass is 35.5. The first-order chi connectivity index (χ1) is 18.0. The number of benzene rings is 3. The van der Waals surface area contributed by atoms with Crippen molar-refractivity contribution in [2.45, 2.75) is 10.3 Å². The lowest BCUT2D eigenvalue weighted by Gasteiger charge is -2.11. The highest BCUT2D eigenvalue weighted by Gasteiger charge is 2.67. The van der Waals surface area contributed by atoms with Gasteiger partial charge in [0, 0.05) is 38.9 Å². The standard InChI is InChI=1S/C26H16Cl5N3O4/c27-14-7-13(8-15(28)10-14)21-22(26(21,30)31)24(36)33-17-1-3-19(29)18(11-17)23(35)32-16-2-4-20-12(9-16)5-6-34(20)25(37)38/h1-11,21-22H,(H,32,35)(H,33,36)(H,37,38). The van der Waals surface area contributed by atoms with E-state index in [1.165, 1.54) is 18.3 Å². The second kappa shape index (κ2) is 9.98. The van der Waals surface area contributed by atoms with E-state index >= 15 is 0 Å². The molecule has 12 heteroatoms. The first kappa shape index (κ1) is 26.7. The zero-order chi connectivity index (χ0) is 27.4. The summed E-state index contributed by atoms with van der Waals surface area (Å²) in [5.41, 5.74) is 1.99. The molecule has 1 fully saturated rings. The monoisotopic (exact) mass is 609 g/mol. The van der Waals surface area contributed by atoms with Gasteiger partial charge in [0.2, 0.25) is 5.91 Å². The zero-order valence-corrected chi connectivity index (χ0v) is 22.8. The summed E-state index contributed by atoms with van der Waals surface area (Å²) in [5.74, 6) is -2.27. The minimum Gasteiger partial charge on any atom is -0.464 e. The van der Waals surface area contributed by atoms with Gasteiger partial charge in [0.05, 0.1) is 22.0 Å². The number of rotatable bonds is 5. The van der Waals surface area contributed by atoms with Crippen LogP contribution in [0.3, 0.4) is 0 Å². The number of alkyl halides is 2. The van der Waals surface area contributed by atoms with Crippen molar-refractivity contribution in [1.82, 2.24) is 4.57 Å². The van der Waals surface area contributed by atoms with Crippen LogP contribution >= 0.6 is 58.0 Å². The molecule has 7 nitrogen and oxygen atoms in total. The van der Waals surface area contributed by atoms with Crippen LogP contribution in [-0.2, 0) is 4.79 Å². The van der Waals surface area contributed by atoms with Gasteiger partial charge >= 0.3 is 6.09 Å². The summed E-state index contributed by atoms with van der Waals surface area (Å²) in [6.07, 6.45) is 0.306. The average Bonchev–Trinajstić information content (AvgIpc) is 3.18. The number of hydrogen-bond acceptors (Lipinski definition) is 3. The number of halogens is 5. The van der Waals surface area contributed by atoms with Gasteiger partial charge < -0.3 is 15.7 Å². The smallest absolute Gasteiger partial charge is 0.415 e. The number of nitrogens with one attached hydrogen (secondary N) is 2. The molecule has 2 atom stereocenters. The number of nitrogens with zero attached hydrogens (tertiary/aromatic N) is 1. The summed E-state index contributed by atoms with van der Waals surface area (Å²) < 4.78 is -0.283. The Labute approximate surface area is 241 Å². The highest BCUT2D eigenvalue weighted by molar-refractivity contribution is 6.53. The summed E-state index contributed by atoms with van der Waals surface area (Å²) in [5, 5.41) is 16.3. The molecule has 5 rings (SSSR count). The second-order valence-corrected chi connectivity index (χ2v) is 11.4. The Kier molecular flexibility index (Phi) is 7.00. The fourth-order valence-corrected chi connectivity index (χ4v) is 5.98. The van der Waals surface area contributed by atoms with Crippen LogP contribution in [-0.4, -0.2) is 31.9 Å². The number of fused-ring (bicyclic) bond motifs is 1. The number of hydrogen-bond donors (Lipinski definition) is 3. The van der Waals surface area contributed by atoms with Crippen molar-refractivity contribution in [3.05, 3.63) is 93.1 Å². The van der Waals surface area contributed by atoms with Crippen LogP contribution < -0.4 is 10.6 Å². The van der Waals surface area contributed by atoms with Crippen molar-refractivity contribution < 1.29 is 19.5 Å². The fraction of sp³-hybridized carbons (Fsp3) is 0.115. The maximum absolute atomic E-state index is 13.1. The molecule has 1 saturated carbocycles. The van der Waals surface area contributed by atoms with Gasteiger partial charge in [-0.1, -0.05) is 34.8 Å². The van der Waals surface area contributed by atoms with Crippen molar-refractivity contribution in [1.29, 1.82) is 0 Å². The maximum atomic E-state index is 13.1. The minimum absolute atomic E-state index is 0.115. The predicted octanol–water partition coefficient (Wildman–Crippen LogP) is 7.91. The van der Waals surface area contributed by atoms with E-state index in [1.54, 1.807) is 48.5 Å². The van der Waals surface area contributed by atoms with Gasteiger partial charge in [-0.3, -0.25) is 14.2 Å². The Bertz CT molecular complexity index is 1610. The molecule has 3 aromatic carbocycles. The number of carbonyl (C=O) groups excluding carboxylic acids is 2. The number of anilines is 2. The van der Waals surface area contributed by atoms with Crippen LogP contribution in [0.25, 0.3) is 10.9 Å². The predicted molar refractivity (Wildman–Crippen MR) is 151 cm³/mol. The number of amides is 2. The molecule has 0 saturated heterocycles. The van der Waals surface area contributed by atoms with Gasteiger partial charge in [0.1, 0.15) is 4.33 Å². The summed E-state index contributed by atoms with van der Waals surface area (Å²) in [6.45, 7) is 0. The molecule has 0 spiro atoms. The van der Waals surface area contributed by atoms with Gasteiger partial charge in [-0.2, -0.15) is 0 Å². The third-order valence-corrected chi connectivity index (χ3v) is 7.92. The van der Waals surface area contributed by atoms with Crippen LogP contribution in [0.15, 0.2) is 66.9 Å². The highest BCUT2D eigenvalue weighted by Crippen LogP contribution is 2.65. The molecule has 1 aliphatic carbocycles. The number of aromatic nitrogens is 1. The Morgan fingerprint density at radius 2 is 1.50 bits per heavy atom. The third-order valence-electron chi connectivity index (χ3n) is 6.21. The van der Waals surface area contributed by atoms with Crippen LogP contribution in [0.1, 0.15) is 21.8 Å². The van der Waals surface area contributed by atoms with E-state index in [0.717, 1.165) is 4.57 Å². The van der Waals surface area contributed by atoms with Gasteiger partial charge in [0.15, 0.2) is 0 Å². The Hall–Kier alpha value is -2.94. The van der Waals surface area contributed by atoms with Crippen LogP contribution in [0, 0.1) is 5.92 Å². The molecular formula is C26H16Cl5N3O4. The first-order valence-electron chi connectivity index (χ1n) is 11.1. The van der Waals surface area contributed by atoms with Gasteiger partial charge in [-0.15, -0.1) is 23.2 Å². The fourth-order valence-electron chi connectivity index (χ4n) is 4.40. The molecule has 0 aliphatic heterocycles. The summed E-state index contributed by atoms with van der Waals surface area (Å²) >= 11 is 31.3. The first-order valence-corrected chi connectivity index (χ1v) is 12.9. The molecule has 4 aromatic rings. The molecule has 1 heterocycles. The SMILES string of the molecule is O=C(Nc1ccc2c(ccn2C(=O)O)c1)c1cc(NC(=O)C2C(c3cc(Cl)cc(Cl)c3)C2(Cl)Cl)ccc1Cl. The molecule has 0 bridgehead atoms. The van der Waals surface area contributed by atoms with E-state index in [9.17, 15) is 19.5 Å². The molecule has 3 N–H and O–H groups in total. The van der Waals surface area contributed by atoms with Gasteiger partial charge in [-0.05, 0) is 66.2 Å². The van der Waals surface area contributed by atoms with E-state index in [-0.39, 0.29) is 10.6 Å². The number of carbonyl (C=O) groups is 3. The van der Waals surface area contributed by atoms with Crippen LogP contribution in [0.2, 0.25) is 15.1 Å². The lowest BCUT2D eigenvalue weighted by Crippen LogP contribution is -2.18. The maximum Gasteiger partial charge on any atom is 0.415 e. The minimum atomic E-state index is -1.36. The molecule has 194 valence electrons. The summed E-state index contributed by atoms with van der Waals surface area (Å²) in [6, 6.07) is 15.8. The van der Waals surface area contributed by atoms with E-state index in [4.69, 9.17) is 58.0 Å². The quantitative estimate of drug-likeness (QED) is 0.200. The van der Waals surface area contributed by atoms with Crippen molar-refractivity contribution in [3.8, 4) is 0 Å². The summed E-state index contributed by atoms with van der Waals surface area (Å²) in [7, 11) is 0. The van der Waals surface area contributed by atoms with Gasteiger partial charge in [0.25, 0.3) is 5.91 Å². The molecule has 2 amide bonds. The zero-order valence-electron chi connectivity index (χ0n) is 19.0. The van der Waals surface area contributed by atoms with Crippen molar-refractivity contribution in [3.63, 3.8) is 0 Å². The normalized spacial score (nSPS) is 17.7. The Balaban J connectivity index is 1.32. The van der Waals surface area contributed by atoms with Crippen LogP contribution in [0.5, 0.6) is 0 Å². The van der Waals surface area contributed by atoms with Crippen molar-refractivity contribution >= 4 is 98.2 Å². The van der Waals surface area contributed by atoms with E-state index < -0.39 is 34.1 Å². The van der Waals surface area contributed by atoms with Crippen molar-refractivity contribution in [2.24, 2.45) is 5.92 Å².